The maximum Gasteiger partial charge on any atom is 0.256 e. The summed E-state index contributed by atoms with van der Waals surface area (Å²) in [6.07, 6.45) is 3.27. The molecule has 0 spiro atoms. The van der Waals surface area contributed by atoms with Gasteiger partial charge in [0.2, 0.25) is 10.0 Å². The van der Waals surface area contributed by atoms with Crippen LogP contribution in [0.5, 0.6) is 0 Å². The molecule has 1 saturated heterocycles. The van der Waals surface area contributed by atoms with Crippen LogP contribution in [-0.4, -0.2) is 42.8 Å². The van der Waals surface area contributed by atoms with Gasteiger partial charge in [0.15, 0.2) is 0 Å². The fraction of sp³-hybridized carbons (Fsp3) is 0.286. The lowest BCUT2D eigenvalue weighted by atomic mass is 10.0. The summed E-state index contributed by atoms with van der Waals surface area (Å²) in [5.74, 6) is 0.173. The summed E-state index contributed by atoms with van der Waals surface area (Å²) in [6, 6.07) is 16.2. The molecule has 28 heavy (non-hydrogen) atoms. The van der Waals surface area contributed by atoms with Crippen LogP contribution in [0.1, 0.15) is 23.2 Å². The van der Waals surface area contributed by atoms with E-state index in [2.05, 4.69) is 9.71 Å². The molecule has 2 heterocycles. The lowest BCUT2D eigenvalue weighted by Gasteiger charge is -2.31. The van der Waals surface area contributed by atoms with Crippen molar-refractivity contribution in [1.29, 1.82) is 0 Å². The highest BCUT2D eigenvalue weighted by Gasteiger charge is 2.48. The minimum Gasteiger partial charge on any atom is -0.360 e. The van der Waals surface area contributed by atoms with Gasteiger partial charge in [-0.15, -0.1) is 0 Å². The third-order valence-corrected chi connectivity index (χ3v) is 7.49. The molecule has 2 bridgehead atoms. The van der Waals surface area contributed by atoms with E-state index in [1.165, 1.54) is 0 Å². The molecule has 1 saturated carbocycles. The van der Waals surface area contributed by atoms with Gasteiger partial charge in [-0.2, -0.15) is 0 Å². The van der Waals surface area contributed by atoms with Crippen LogP contribution in [0.4, 0.5) is 0 Å². The number of nitrogens with zero attached hydrogens (tertiary/aromatic N) is 1. The standard InChI is InChI=1S/C21H21N3O3S/c25-21(18-12-22-19-9-5-4-8-17(18)19)24-13-14-10-15(24)11-20(14)23-28(26,27)16-6-2-1-3-7-16/h1-9,12,14-15,20,22-23H,10-11,13H2. The molecule has 7 heteroatoms. The second kappa shape index (κ2) is 6.46. The monoisotopic (exact) mass is 395 g/mol. The van der Waals surface area contributed by atoms with E-state index in [4.69, 9.17) is 0 Å². The Bertz CT molecular complexity index is 1140. The molecule has 2 N–H and O–H groups in total. The maximum atomic E-state index is 13.1. The van der Waals surface area contributed by atoms with Crippen molar-refractivity contribution in [2.75, 3.05) is 6.54 Å². The minimum atomic E-state index is -3.53. The van der Waals surface area contributed by atoms with Crippen LogP contribution in [0.2, 0.25) is 0 Å². The fourth-order valence-corrected chi connectivity index (χ4v) is 5.96. The smallest absolute Gasteiger partial charge is 0.256 e. The summed E-state index contributed by atoms with van der Waals surface area (Å²) in [4.78, 5) is 18.4. The Morgan fingerprint density at radius 1 is 1.04 bits per heavy atom. The third kappa shape index (κ3) is 2.82. The van der Waals surface area contributed by atoms with Gasteiger partial charge >= 0.3 is 0 Å². The summed E-state index contributed by atoms with van der Waals surface area (Å²) >= 11 is 0. The van der Waals surface area contributed by atoms with E-state index in [1.807, 2.05) is 29.2 Å². The van der Waals surface area contributed by atoms with Crippen LogP contribution in [0.15, 0.2) is 65.7 Å². The van der Waals surface area contributed by atoms with E-state index in [-0.39, 0.29) is 28.8 Å². The Balaban J connectivity index is 1.31. The lowest BCUT2D eigenvalue weighted by molar-refractivity contribution is 0.0693. The summed E-state index contributed by atoms with van der Waals surface area (Å²) < 4.78 is 28.1. The molecule has 144 valence electrons. The number of aromatic amines is 1. The number of carbonyl (C=O) groups is 1. The molecule has 6 nitrogen and oxygen atoms in total. The highest BCUT2D eigenvalue weighted by Crippen LogP contribution is 2.39. The Labute approximate surface area is 163 Å². The Hall–Kier alpha value is -2.64. The van der Waals surface area contributed by atoms with Gasteiger partial charge in [0.25, 0.3) is 5.91 Å². The zero-order chi connectivity index (χ0) is 19.3. The molecule has 1 aliphatic carbocycles. The number of aromatic nitrogens is 1. The second-order valence-electron chi connectivity index (χ2n) is 7.63. The van der Waals surface area contributed by atoms with Crippen molar-refractivity contribution < 1.29 is 13.2 Å². The van der Waals surface area contributed by atoms with Crippen molar-refractivity contribution in [3.05, 3.63) is 66.4 Å². The van der Waals surface area contributed by atoms with Crippen LogP contribution in [0.3, 0.4) is 0 Å². The molecular weight excluding hydrogens is 374 g/mol. The number of rotatable bonds is 4. The number of para-hydroxylation sites is 1. The van der Waals surface area contributed by atoms with Gasteiger partial charge in [-0.25, -0.2) is 13.1 Å². The zero-order valence-electron chi connectivity index (χ0n) is 15.2. The quantitative estimate of drug-likeness (QED) is 0.713. The summed E-state index contributed by atoms with van der Waals surface area (Å²) in [7, 11) is -3.53. The molecule has 0 radical (unpaired) electrons. The molecule has 2 aliphatic rings. The third-order valence-electron chi connectivity index (χ3n) is 5.98. The fourth-order valence-electron chi connectivity index (χ4n) is 4.62. The Morgan fingerprint density at radius 2 is 1.79 bits per heavy atom. The number of sulfonamides is 1. The number of fused-ring (bicyclic) bond motifs is 3. The van der Waals surface area contributed by atoms with Crippen molar-refractivity contribution in [2.24, 2.45) is 5.92 Å². The van der Waals surface area contributed by atoms with E-state index in [9.17, 15) is 13.2 Å². The molecule has 3 atom stereocenters. The SMILES string of the molecule is O=C(c1c[nH]c2ccccc12)N1CC2CC1CC2NS(=O)(=O)c1ccccc1. The highest BCUT2D eigenvalue weighted by molar-refractivity contribution is 7.89. The zero-order valence-corrected chi connectivity index (χ0v) is 16.0. The molecule has 5 rings (SSSR count). The Kier molecular flexibility index (Phi) is 4.03. The van der Waals surface area contributed by atoms with Crippen molar-refractivity contribution in [2.45, 2.75) is 29.8 Å². The van der Waals surface area contributed by atoms with Gasteiger partial charge in [0.1, 0.15) is 0 Å². The first kappa shape index (κ1) is 17.5. The van der Waals surface area contributed by atoms with Gasteiger partial charge < -0.3 is 9.88 Å². The predicted molar refractivity (Wildman–Crippen MR) is 106 cm³/mol. The number of carbonyl (C=O) groups excluding carboxylic acids is 1. The lowest BCUT2D eigenvalue weighted by Crippen LogP contribution is -2.47. The van der Waals surface area contributed by atoms with Crippen molar-refractivity contribution in [3.8, 4) is 0 Å². The molecule has 3 aromatic rings. The highest BCUT2D eigenvalue weighted by atomic mass is 32.2. The Morgan fingerprint density at radius 3 is 2.54 bits per heavy atom. The summed E-state index contributed by atoms with van der Waals surface area (Å²) in [5.41, 5.74) is 1.63. The molecule has 3 unspecified atom stereocenters. The topological polar surface area (TPSA) is 82.3 Å². The number of likely N-dealkylation sites (tertiary alicyclic amines) is 1. The first-order valence-electron chi connectivity index (χ1n) is 9.47. The molecule has 1 amide bonds. The van der Waals surface area contributed by atoms with Gasteiger partial charge in [0.05, 0.1) is 10.5 Å². The van der Waals surface area contributed by atoms with E-state index in [0.29, 0.717) is 18.5 Å². The number of H-pyrrole nitrogens is 1. The van der Waals surface area contributed by atoms with Gasteiger partial charge in [-0.3, -0.25) is 4.79 Å². The summed E-state index contributed by atoms with van der Waals surface area (Å²) in [5, 5.41) is 0.927. The van der Waals surface area contributed by atoms with Crippen LogP contribution >= 0.6 is 0 Å². The number of hydrogen-bond acceptors (Lipinski definition) is 3. The van der Waals surface area contributed by atoms with Gasteiger partial charge in [0, 0.05) is 35.7 Å². The van der Waals surface area contributed by atoms with Crippen LogP contribution < -0.4 is 4.72 Å². The number of nitrogens with one attached hydrogen (secondary N) is 2. The van der Waals surface area contributed by atoms with Crippen LogP contribution in [0.25, 0.3) is 10.9 Å². The molecule has 1 aliphatic heterocycles. The normalized spacial score (nSPS) is 24.1. The van der Waals surface area contributed by atoms with Crippen molar-refractivity contribution in [1.82, 2.24) is 14.6 Å². The number of amides is 1. The van der Waals surface area contributed by atoms with Crippen LogP contribution in [0, 0.1) is 5.92 Å². The minimum absolute atomic E-state index is 0.0225. The van der Waals surface area contributed by atoms with Crippen molar-refractivity contribution in [3.63, 3.8) is 0 Å². The van der Waals surface area contributed by atoms with Gasteiger partial charge in [-0.05, 0) is 37.0 Å². The molecule has 2 fully saturated rings. The molecule has 1 aromatic heterocycles. The average molecular weight is 395 g/mol. The first-order valence-corrected chi connectivity index (χ1v) is 11.0. The largest absolute Gasteiger partial charge is 0.360 e. The number of benzene rings is 2. The summed E-state index contributed by atoms with van der Waals surface area (Å²) in [6.45, 7) is 0.588. The second-order valence-corrected chi connectivity index (χ2v) is 9.35. The maximum absolute atomic E-state index is 13.1. The number of hydrogen-bond donors (Lipinski definition) is 2. The van der Waals surface area contributed by atoms with Crippen LogP contribution in [-0.2, 0) is 10.0 Å². The van der Waals surface area contributed by atoms with E-state index >= 15 is 0 Å². The number of piperidine rings is 1. The van der Waals surface area contributed by atoms with E-state index in [1.54, 1.807) is 36.5 Å². The molecular formula is C21H21N3O3S. The van der Waals surface area contributed by atoms with E-state index in [0.717, 1.165) is 17.3 Å². The van der Waals surface area contributed by atoms with Gasteiger partial charge in [-0.1, -0.05) is 36.4 Å². The predicted octanol–water partition coefficient (Wildman–Crippen LogP) is 2.75. The molecule has 2 aromatic carbocycles. The average Bonchev–Trinajstić information content (AvgIpc) is 3.41. The first-order chi connectivity index (χ1) is 13.5. The van der Waals surface area contributed by atoms with E-state index < -0.39 is 10.0 Å². The van der Waals surface area contributed by atoms with Crippen molar-refractivity contribution >= 4 is 26.8 Å².